The monoisotopic (exact) mass is 395 g/mol. The van der Waals surface area contributed by atoms with Gasteiger partial charge in [0, 0.05) is 10.6 Å². The highest BCUT2D eigenvalue weighted by Crippen LogP contribution is 2.36. The van der Waals surface area contributed by atoms with Crippen molar-refractivity contribution < 1.29 is 4.74 Å². The Morgan fingerprint density at radius 2 is 1.88 bits per heavy atom. The molecule has 0 saturated heterocycles. The number of nitrogens with two attached hydrogens (primary N) is 1. The average molecular weight is 398 g/mol. The Balaban J connectivity index is 2.14. The first-order valence-corrected chi connectivity index (χ1v) is 7.46. The van der Waals surface area contributed by atoms with Gasteiger partial charge in [-0.2, -0.15) is 0 Å². The Morgan fingerprint density at radius 1 is 1.24 bits per heavy atom. The van der Waals surface area contributed by atoms with E-state index in [4.69, 9.17) is 22.1 Å². The number of ether oxygens (including phenoxy) is 1. The van der Waals surface area contributed by atoms with Crippen LogP contribution >= 0.6 is 54.8 Å². The first-order chi connectivity index (χ1) is 8.06. The highest BCUT2D eigenvalue weighted by atomic mass is 79.9. The van der Waals surface area contributed by atoms with E-state index < -0.39 is 0 Å². The molecule has 1 aromatic heterocycles. The van der Waals surface area contributed by atoms with Crippen LogP contribution in [0.1, 0.15) is 4.88 Å². The van der Waals surface area contributed by atoms with Gasteiger partial charge in [-0.15, -0.1) is 11.3 Å². The van der Waals surface area contributed by atoms with Crippen molar-refractivity contribution in [1.29, 1.82) is 0 Å². The lowest BCUT2D eigenvalue weighted by Gasteiger charge is -2.10. The molecule has 0 saturated carbocycles. The minimum Gasteiger partial charge on any atom is -0.486 e. The van der Waals surface area contributed by atoms with Crippen LogP contribution in [-0.2, 0) is 6.61 Å². The molecule has 0 spiro atoms. The van der Waals surface area contributed by atoms with Gasteiger partial charge in [0.05, 0.1) is 13.3 Å². The molecule has 0 aliphatic carbocycles. The summed E-state index contributed by atoms with van der Waals surface area (Å²) < 4.78 is 8.14. The molecule has 2 N–H and O–H groups in total. The Morgan fingerprint density at radius 3 is 2.41 bits per heavy atom. The van der Waals surface area contributed by atoms with Crippen LogP contribution in [0.15, 0.2) is 33.2 Å². The van der Waals surface area contributed by atoms with E-state index in [0.717, 1.165) is 23.9 Å². The highest BCUT2D eigenvalue weighted by molar-refractivity contribution is 9.11. The van der Waals surface area contributed by atoms with Crippen molar-refractivity contribution in [3.05, 3.63) is 42.4 Å². The number of hydrogen-bond acceptors (Lipinski definition) is 3. The number of thiophene rings is 1. The fourth-order valence-electron chi connectivity index (χ4n) is 1.29. The van der Waals surface area contributed by atoms with E-state index in [-0.39, 0.29) is 0 Å². The van der Waals surface area contributed by atoms with E-state index in [0.29, 0.717) is 12.3 Å². The van der Waals surface area contributed by atoms with Crippen molar-refractivity contribution in [3.63, 3.8) is 0 Å². The van der Waals surface area contributed by atoms with E-state index in [1.807, 2.05) is 24.3 Å². The summed E-state index contributed by atoms with van der Waals surface area (Å²) in [6.07, 6.45) is 0. The van der Waals surface area contributed by atoms with Crippen molar-refractivity contribution in [2.75, 3.05) is 5.73 Å². The minimum absolute atomic E-state index is 0.485. The predicted octanol–water partition coefficient (Wildman–Crippen LogP) is 5.09. The minimum atomic E-state index is 0.485. The van der Waals surface area contributed by atoms with Crippen LogP contribution in [0.2, 0.25) is 4.34 Å². The molecule has 90 valence electrons. The van der Waals surface area contributed by atoms with Crippen LogP contribution in [0.4, 0.5) is 5.69 Å². The zero-order valence-electron chi connectivity index (χ0n) is 8.54. The third-order valence-corrected chi connectivity index (χ3v) is 4.39. The van der Waals surface area contributed by atoms with Crippen molar-refractivity contribution in [3.8, 4) is 5.75 Å². The summed E-state index contributed by atoms with van der Waals surface area (Å²) in [4.78, 5) is 1.07. The van der Waals surface area contributed by atoms with E-state index in [1.165, 1.54) is 11.3 Å². The topological polar surface area (TPSA) is 35.2 Å². The van der Waals surface area contributed by atoms with Gasteiger partial charge in [-0.3, -0.25) is 0 Å². The van der Waals surface area contributed by atoms with Gasteiger partial charge in [-0.1, -0.05) is 11.6 Å². The number of anilines is 1. The van der Waals surface area contributed by atoms with Crippen LogP contribution in [0.5, 0.6) is 5.75 Å². The lowest BCUT2D eigenvalue weighted by molar-refractivity contribution is 0.306. The molecule has 2 rings (SSSR count). The molecular weight excluding hydrogens is 389 g/mol. The molecule has 2 nitrogen and oxygen atoms in total. The second kappa shape index (κ2) is 5.61. The van der Waals surface area contributed by atoms with E-state index in [1.54, 1.807) is 0 Å². The average Bonchev–Trinajstić information content (AvgIpc) is 2.62. The van der Waals surface area contributed by atoms with Crippen molar-refractivity contribution in [2.24, 2.45) is 0 Å². The summed E-state index contributed by atoms with van der Waals surface area (Å²) in [5, 5.41) is 0. The van der Waals surface area contributed by atoms with Gasteiger partial charge in [-0.25, -0.2) is 0 Å². The number of halogens is 3. The lowest BCUT2D eigenvalue weighted by atomic mass is 10.3. The number of rotatable bonds is 3. The molecule has 0 fully saturated rings. The van der Waals surface area contributed by atoms with Crippen LogP contribution < -0.4 is 10.5 Å². The zero-order valence-corrected chi connectivity index (χ0v) is 13.3. The Hall–Kier alpha value is -0.230. The van der Waals surface area contributed by atoms with Gasteiger partial charge < -0.3 is 10.5 Å². The lowest BCUT2D eigenvalue weighted by Crippen LogP contribution is -1.96. The molecule has 0 aliphatic heterocycles. The molecular formula is C11H8Br2ClNOS. The summed E-state index contributed by atoms with van der Waals surface area (Å²) in [5.41, 5.74) is 6.38. The van der Waals surface area contributed by atoms with Gasteiger partial charge >= 0.3 is 0 Å². The van der Waals surface area contributed by atoms with E-state index >= 15 is 0 Å². The number of nitrogen functional groups attached to an aromatic ring is 1. The van der Waals surface area contributed by atoms with Crippen LogP contribution in [0.3, 0.4) is 0 Å². The van der Waals surface area contributed by atoms with Gasteiger partial charge in [-0.05, 0) is 56.1 Å². The zero-order chi connectivity index (χ0) is 12.4. The number of benzene rings is 1. The predicted molar refractivity (Wildman–Crippen MR) is 79.9 cm³/mol. The quantitative estimate of drug-likeness (QED) is 0.733. The molecule has 2 aromatic rings. The van der Waals surface area contributed by atoms with Crippen molar-refractivity contribution >= 4 is 60.5 Å². The van der Waals surface area contributed by atoms with Crippen LogP contribution in [0, 0.1) is 0 Å². The second-order valence-corrected chi connectivity index (χ2v) is 6.82. The summed E-state index contributed by atoms with van der Waals surface area (Å²) >= 11 is 14.2. The van der Waals surface area contributed by atoms with Crippen LogP contribution in [-0.4, -0.2) is 0 Å². The molecule has 0 bridgehead atoms. The fraction of sp³-hybridized carbons (Fsp3) is 0.0909. The van der Waals surface area contributed by atoms with Crippen molar-refractivity contribution in [2.45, 2.75) is 6.61 Å². The molecule has 0 aliphatic rings. The van der Waals surface area contributed by atoms with Gasteiger partial charge in [0.1, 0.15) is 12.4 Å². The van der Waals surface area contributed by atoms with Crippen molar-refractivity contribution in [1.82, 2.24) is 0 Å². The maximum Gasteiger partial charge on any atom is 0.148 e. The fourth-order valence-corrected chi connectivity index (χ4v) is 3.74. The highest BCUT2D eigenvalue weighted by Gasteiger charge is 2.08. The number of hydrogen-bond donors (Lipinski definition) is 1. The standard InChI is InChI=1S/C11H8Br2ClNOS/c12-8-3-6(15)4-9(13)11(8)16-5-7-1-2-10(14)17-7/h1-4H,5,15H2. The second-order valence-electron chi connectivity index (χ2n) is 3.31. The molecule has 0 unspecified atom stereocenters. The molecule has 0 radical (unpaired) electrons. The van der Waals surface area contributed by atoms with Gasteiger partial charge in [0.25, 0.3) is 0 Å². The third kappa shape index (κ3) is 3.37. The van der Waals surface area contributed by atoms with E-state index in [9.17, 15) is 0 Å². The molecule has 6 heteroatoms. The first-order valence-electron chi connectivity index (χ1n) is 4.68. The molecule has 1 heterocycles. The molecule has 1 aromatic carbocycles. The largest absolute Gasteiger partial charge is 0.486 e. The Bertz CT molecular complexity index is 521. The first kappa shape index (κ1) is 13.2. The Labute approximate surface area is 125 Å². The summed E-state index contributed by atoms with van der Waals surface area (Å²) in [5.74, 6) is 0.740. The van der Waals surface area contributed by atoms with E-state index in [2.05, 4.69) is 31.9 Å². The molecule has 0 amide bonds. The summed E-state index contributed by atoms with van der Waals surface area (Å²) in [6, 6.07) is 7.42. The summed E-state index contributed by atoms with van der Waals surface area (Å²) in [7, 11) is 0. The molecule has 0 atom stereocenters. The maximum atomic E-state index is 5.85. The SMILES string of the molecule is Nc1cc(Br)c(OCc2ccc(Cl)s2)c(Br)c1. The summed E-state index contributed by atoms with van der Waals surface area (Å²) in [6.45, 7) is 0.485. The maximum absolute atomic E-state index is 5.85. The normalized spacial score (nSPS) is 10.5. The molecule has 17 heavy (non-hydrogen) atoms. The van der Waals surface area contributed by atoms with Gasteiger partial charge in [0.2, 0.25) is 0 Å². The smallest absolute Gasteiger partial charge is 0.148 e. The third-order valence-electron chi connectivity index (χ3n) is 2.01. The Kier molecular flexibility index (Phi) is 4.36. The van der Waals surface area contributed by atoms with Crippen LogP contribution in [0.25, 0.3) is 0 Å². The van der Waals surface area contributed by atoms with Gasteiger partial charge in [0.15, 0.2) is 0 Å².